The summed E-state index contributed by atoms with van der Waals surface area (Å²) < 4.78 is 16.9. The Bertz CT molecular complexity index is 1600. The topological polar surface area (TPSA) is 78.9 Å². The summed E-state index contributed by atoms with van der Waals surface area (Å²) in [6.45, 7) is 6.48. The predicted octanol–water partition coefficient (Wildman–Crippen LogP) is 22.0. The van der Waals surface area contributed by atoms with E-state index in [0.29, 0.717) is 19.3 Å². The number of hydrogen-bond donors (Lipinski definition) is 0. The van der Waals surface area contributed by atoms with Crippen molar-refractivity contribution in [3.05, 3.63) is 122 Å². The molecule has 0 amide bonds. The highest BCUT2D eigenvalue weighted by molar-refractivity contribution is 5.71. The zero-order chi connectivity index (χ0) is 55.7. The number of carbonyl (C=O) groups excluding carboxylic acids is 3. The summed E-state index contributed by atoms with van der Waals surface area (Å²) in [6, 6.07) is 0. The van der Waals surface area contributed by atoms with E-state index >= 15 is 0 Å². The first-order chi connectivity index (χ1) is 38.0. The molecule has 438 valence electrons. The van der Waals surface area contributed by atoms with Crippen molar-refractivity contribution in [1.82, 2.24) is 0 Å². The van der Waals surface area contributed by atoms with E-state index in [2.05, 4.69) is 142 Å². The molecule has 6 nitrogen and oxygen atoms in total. The Morgan fingerprint density at radius 3 is 0.857 bits per heavy atom. The lowest BCUT2D eigenvalue weighted by molar-refractivity contribution is -0.167. The third-order valence-electron chi connectivity index (χ3n) is 13.5. The molecule has 77 heavy (non-hydrogen) atoms. The lowest BCUT2D eigenvalue weighted by Gasteiger charge is -2.18. The van der Waals surface area contributed by atoms with Crippen LogP contribution in [0.25, 0.3) is 0 Å². The van der Waals surface area contributed by atoms with Crippen LogP contribution in [0.15, 0.2) is 122 Å². The van der Waals surface area contributed by atoms with Crippen LogP contribution in [0.3, 0.4) is 0 Å². The maximum atomic E-state index is 12.9. The summed E-state index contributed by atoms with van der Waals surface area (Å²) in [5, 5.41) is 0. The maximum absolute atomic E-state index is 12.9. The fourth-order valence-corrected chi connectivity index (χ4v) is 8.67. The third kappa shape index (κ3) is 62.5. The van der Waals surface area contributed by atoms with E-state index in [4.69, 9.17) is 14.2 Å². The Morgan fingerprint density at radius 2 is 0.519 bits per heavy atom. The number of ether oxygens (including phenoxy) is 3. The van der Waals surface area contributed by atoms with E-state index in [1.807, 2.05) is 0 Å². The molecule has 0 spiro atoms. The van der Waals surface area contributed by atoms with Crippen LogP contribution in [0.4, 0.5) is 0 Å². The Kier molecular flexibility index (Phi) is 60.8. The molecule has 6 heteroatoms. The molecule has 0 aliphatic carbocycles. The second-order valence-corrected chi connectivity index (χ2v) is 20.9. The summed E-state index contributed by atoms with van der Waals surface area (Å²) in [5.41, 5.74) is 0. The van der Waals surface area contributed by atoms with Gasteiger partial charge in [0.05, 0.1) is 0 Å². The van der Waals surface area contributed by atoms with Gasteiger partial charge in [0.15, 0.2) is 6.10 Å². The van der Waals surface area contributed by atoms with E-state index in [-0.39, 0.29) is 37.5 Å². The number of unbranched alkanes of at least 4 members (excludes halogenated alkanes) is 26. The quantitative estimate of drug-likeness (QED) is 0.0261. The molecule has 1 atom stereocenters. The van der Waals surface area contributed by atoms with Crippen LogP contribution in [0, 0.1) is 0 Å². The molecule has 0 aliphatic rings. The van der Waals surface area contributed by atoms with Crippen molar-refractivity contribution in [2.24, 2.45) is 0 Å². The van der Waals surface area contributed by atoms with Crippen LogP contribution in [-0.4, -0.2) is 37.2 Å². The maximum Gasteiger partial charge on any atom is 0.306 e. The van der Waals surface area contributed by atoms with E-state index in [9.17, 15) is 14.4 Å². The van der Waals surface area contributed by atoms with E-state index in [0.717, 1.165) is 103 Å². The van der Waals surface area contributed by atoms with Crippen LogP contribution in [0.5, 0.6) is 0 Å². The molecule has 0 fully saturated rings. The molecule has 0 saturated carbocycles. The van der Waals surface area contributed by atoms with Gasteiger partial charge in [0.25, 0.3) is 0 Å². The highest BCUT2D eigenvalue weighted by Gasteiger charge is 2.19. The average Bonchev–Trinajstić information content (AvgIpc) is 3.43. The summed E-state index contributed by atoms with van der Waals surface area (Å²) in [7, 11) is 0. The van der Waals surface area contributed by atoms with Crippen LogP contribution >= 0.6 is 0 Å². The minimum Gasteiger partial charge on any atom is -0.462 e. The van der Waals surface area contributed by atoms with E-state index in [1.165, 1.54) is 141 Å². The second kappa shape index (κ2) is 64.3. The van der Waals surface area contributed by atoms with Gasteiger partial charge in [0, 0.05) is 19.3 Å². The average molecular weight is 1070 g/mol. The zero-order valence-corrected chi connectivity index (χ0v) is 50.2. The van der Waals surface area contributed by atoms with Crippen LogP contribution in [0.2, 0.25) is 0 Å². The molecule has 0 bridgehead atoms. The van der Waals surface area contributed by atoms with Gasteiger partial charge in [0.2, 0.25) is 0 Å². The van der Waals surface area contributed by atoms with Crippen LogP contribution < -0.4 is 0 Å². The fraction of sp³-hybridized carbons (Fsp3) is 0.676. The number of esters is 3. The van der Waals surface area contributed by atoms with Crippen LogP contribution in [-0.2, 0) is 28.6 Å². The minimum atomic E-state index is -0.805. The van der Waals surface area contributed by atoms with Gasteiger partial charge in [-0.1, -0.05) is 284 Å². The fourth-order valence-electron chi connectivity index (χ4n) is 8.67. The van der Waals surface area contributed by atoms with Gasteiger partial charge in [0.1, 0.15) is 13.2 Å². The molecule has 0 rings (SSSR count). The summed E-state index contributed by atoms with van der Waals surface area (Å²) in [5.74, 6) is -0.959. The molecule has 0 aromatic rings. The van der Waals surface area contributed by atoms with Gasteiger partial charge >= 0.3 is 17.9 Å². The van der Waals surface area contributed by atoms with Crippen LogP contribution in [0.1, 0.15) is 290 Å². The number of allylic oxidation sites excluding steroid dienone is 20. The largest absolute Gasteiger partial charge is 0.462 e. The molecule has 0 saturated heterocycles. The molecule has 0 aliphatic heterocycles. The van der Waals surface area contributed by atoms with Crippen molar-refractivity contribution >= 4 is 17.9 Å². The van der Waals surface area contributed by atoms with Gasteiger partial charge in [-0.05, 0) is 109 Å². The van der Waals surface area contributed by atoms with Crippen molar-refractivity contribution in [3.63, 3.8) is 0 Å². The number of rotatable bonds is 57. The molecule has 0 aromatic carbocycles. The van der Waals surface area contributed by atoms with Crippen molar-refractivity contribution in [2.45, 2.75) is 297 Å². The lowest BCUT2D eigenvalue weighted by atomic mass is 10.0. The van der Waals surface area contributed by atoms with Crippen molar-refractivity contribution in [1.29, 1.82) is 0 Å². The van der Waals surface area contributed by atoms with Gasteiger partial charge in [-0.3, -0.25) is 14.4 Å². The lowest BCUT2D eigenvalue weighted by Crippen LogP contribution is -2.30. The van der Waals surface area contributed by atoms with Gasteiger partial charge < -0.3 is 14.2 Å². The third-order valence-corrected chi connectivity index (χ3v) is 13.5. The highest BCUT2D eigenvalue weighted by atomic mass is 16.6. The van der Waals surface area contributed by atoms with Crippen molar-refractivity contribution in [3.8, 4) is 0 Å². The van der Waals surface area contributed by atoms with Gasteiger partial charge in [-0.25, -0.2) is 0 Å². The summed E-state index contributed by atoms with van der Waals surface area (Å²) in [6.07, 6.45) is 89.2. The SMILES string of the molecule is CC/C=C\C/C=C\C/C=C\C/C=C\C/C=C\C/C=C\C/C=C\C/C=C\C/C=C\CCCC(=O)OCC(COC(=O)CCCCCCCCCCCCCCC)OC(=O)CCCCCCCCC/C=C\CCCCCCCC. The molecular formula is C71H118O6. The van der Waals surface area contributed by atoms with E-state index < -0.39 is 6.10 Å². The summed E-state index contributed by atoms with van der Waals surface area (Å²) >= 11 is 0. The minimum absolute atomic E-state index is 0.0972. The van der Waals surface area contributed by atoms with Gasteiger partial charge in [-0.2, -0.15) is 0 Å². The number of carbonyl (C=O) groups is 3. The monoisotopic (exact) mass is 1070 g/mol. The molecule has 0 aromatic heterocycles. The normalized spacial score (nSPS) is 12.9. The molecular weight excluding hydrogens is 949 g/mol. The smallest absolute Gasteiger partial charge is 0.306 e. The number of hydrogen-bond acceptors (Lipinski definition) is 6. The first-order valence-electron chi connectivity index (χ1n) is 32.0. The van der Waals surface area contributed by atoms with Crippen molar-refractivity contribution in [2.75, 3.05) is 13.2 Å². The Labute approximate surface area is 475 Å². The van der Waals surface area contributed by atoms with E-state index in [1.54, 1.807) is 0 Å². The summed E-state index contributed by atoms with van der Waals surface area (Å²) in [4.78, 5) is 38.2. The van der Waals surface area contributed by atoms with Gasteiger partial charge in [-0.15, -0.1) is 0 Å². The first-order valence-corrected chi connectivity index (χ1v) is 32.0. The Hall–Kier alpha value is -4.19. The van der Waals surface area contributed by atoms with Crippen molar-refractivity contribution < 1.29 is 28.6 Å². The second-order valence-electron chi connectivity index (χ2n) is 20.9. The molecule has 0 heterocycles. The molecule has 0 radical (unpaired) electrons. The standard InChI is InChI=1S/C71H118O6/c1-4-7-10-13-16-19-22-25-27-29-30-31-32-33-34-35-36-37-38-39-40-42-43-46-49-52-55-58-61-64-70(73)76-67-68(66-75-69(72)63-60-57-54-51-48-45-24-21-18-15-12-9-6-3)77-71(74)65-62-59-56-53-50-47-44-41-28-26-23-20-17-14-11-8-5-2/h7,10,16,19,25-28,30-31,33-34,36-37,39-40,43,46,52,55,68H,4-6,8-9,11-15,17-18,20-24,29,32,35,38,41-42,44-45,47-51,53-54,56-67H2,1-3H3/b10-7-,19-16-,27-25-,28-26-,31-30-,34-33-,37-36-,40-39-,46-43-,55-52-. The predicted molar refractivity (Wildman–Crippen MR) is 334 cm³/mol. The highest BCUT2D eigenvalue weighted by Crippen LogP contribution is 2.15. The molecule has 1 unspecified atom stereocenters. The Balaban J connectivity index is 4.43. The molecule has 0 N–H and O–H groups in total. The zero-order valence-electron chi connectivity index (χ0n) is 50.2. The first kappa shape index (κ1) is 72.8. The Morgan fingerprint density at radius 1 is 0.273 bits per heavy atom.